The number of carbonyl (C=O) groups excluding carboxylic acids is 1. The van der Waals surface area contributed by atoms with E-state index in [4.69, 9.17) is 0 Å². The molecule has 6 nitrogen and oxygen atoms in total. The van der Waals surface area contributed by atoms with Crippen molar-refractivity contribution < 1.29 is 4.79 Å². The van der Waals surface area contributed by atoms with Gasteiger partial charge in [0.2, 0.25) is 0 Å². The van der Waals surface area contributed by atoms with Crippen molar-refractivity contribution in [3.63, 3.8) is 0 Å². The molecule has 0 N–H and O–H groups in total. The summed E-state index contributed by atoms with van der Waals surface area (Å²) >= 11 is 1.48. The van der Waals surface area contributed by atoms with Crippen molar-refractivity contribution in [2.24, 2.45) is 0 Å². The number of nitrogens with zero attached hydrogens (tertiary/aromatic N) is 5. The molecule has 1 amide bonds. The number of carbonyl (C=O) groups is 1. The zero-order valence-corrected chi connectivity index (χ0v) is 13.6. The van der Waals surface area contributed by atoms with E-state index >= 15 is 0 Å². The van der Waals surface area contributed by atoms with Crippen LogP contribution in [0.1, 0.15) is 47.1 Å². The monoisotopic (exact) mass is 305 g/mol. The SMILES string of the molecule is Cc1nnc2n1CCN(C(=O)c1cnc(C(C)(C)C)s1)C2. The van der Waals surface area contributed by atoms with Gasteiger partial charge >= 0.3 is 0 Å². The van der Waals surface area contributed by atoms with Crippen LogP contribution >= 0.6 is 11.3 Å². The molecule has 3 heterocycles. The van der Waals surface area contributed by atoms with Gasteiger partial charge in [-0.25, -0.2) is 4.98 Å². The zero-order chi connectivity index (χ0) is 15.2. The van der Waals surface area contributed by atoms with Crippen molar-refractivity contribution in [1.82, 2.24) is 24.6 Å². The topological polar surface area (TPSA) is 63.9 Å². The van der Waals surface area contributed by atoms with Crippen LogP contribution in [0, 0.1) is 6.92 Å². The lowest BCUT2D eigenvalue weighted by atomic mass is 9.98. The molecule has 2 aromatic heterocycles. The van der Waals surface area contributed by atoms with Gasteiger partial charge in [0.15, 0.2) is 5.82 Å². The van der Waals surface area contributed by atoms with Gasteiger partial charge in [0, 0.05) is 18.5 Å². The number of thiazole rings is 1. The number of fused-ring (bicyclic) bond motifs is 1. The molecule has 7 heteroatoms. The summed E-state index contributed by atoms with van der Waals surface area (Å²) in [7, 11) is 0. The fourth-order valence-corrected chi connectivity index (χ4v) is 3.29. The first kappa shape index (κ1) is 14.2. The lowest BCUT2D eigenvalue weighted by Crippen LogP contribution is -2.38. The third-order valence-corrected chi connectivity index (χ3v) is 4.99. The van der Waals surface area contributed by atoms with Crippen molar-refractivity contribution in [3.8, 4) is 0 Å². The normalized spacial score (nSPS) is 15.1. The second-order valence-electron chi connectivity index (χ2n) is 6.32. The summed E-state index contributed by atoms with van der Waals surface area (Å²) in [5.74, 6) is 1.80. The maximum atomic E-state index is 12.6. The standard InChI is InChI=1S/C14H19N5OS/c1-9-16-17-11-8-18(5-6-19(9)11)12(20)10-7-15-13(21-10)14(2,3)4/h7H,5-6,8H2,1-4H3. The molecule has 0 radical (unpaired) electrons. The fraction of sp³-hybridized carbons (Fsp3) is 0.571. The molecular formula is C14H19N5OS. The van der Waals surface area contributed by atoms with Gasteiger partial charge in [-0.05, 0) is 6.92 Å². The maximum Gasteiger partial charge on any atom is 0.266 e. The molecule has 0 fully saturated rings. The Hall–Kier alpha value is -1.76. The van der Waals surface area contributed by atoms with Crippen LogP contribution in [0.4, 0.5) is 0 Å². The molecule has 0 saturated heterocycles. The third-order valence-electron chi connectivity index (χ3n) is 3.58. The second kappa shape index (κ2) is 4.91. The smallest absolute Gasteiger partial charge is 0.266 e. The Bertz CT molecular complexity index is 682. The van der Waals surface area contributed by atoms with Crippen molar-refractivity contribution in [2.45, 2.75) is 46.2 Å². The average Bonchev–Trinajstić information content (AvgIpc) is 3.05. The van der Waals surface area contributed by atoms with Crippen LogP contribution in [-0.4, -0.2) is 37.1 Å². The molecule has 0 spiro atoms. The highest BCUT2D eigenvalue weighted by molar-refractivity contribution is 7.13. The lowest BCUT2D eigenvalue weighted by Gasteiger charge is -2.27. The first-order chi connectivity index (χ1) is 9.86. The summed E-state index contributed by atoms with van der Waals surface area (Å²) in [6.45, 7) is 10.2. The number of hydrogen-bond acceptors (Lipinski definition) is 5. The molecule has 3 rings (SSSR count). The van der Waals surface area contributed by atoms with Gasteiger partial charge in [0.25, 0.3) is 5.91 Å². The van der Waals surface area contributed by atoms with Crippen LogP contribution in [0.5, 0.6) is 0 Å². The fourth-order valence-electron chi connectivity index (χ4n) is 2.35. The van der Waals surface area contributed by atoms with E-state index in [-0.39, 0.29) is 11.3 Å². The minimum atomic E-state index is -0.0254. The maximum absolute atomic E-state index is 12.6. The van der Waals surface area contributed by atoms with Crippen LogP contribution < -0.4 is 0 Å². The third kappa shape index (κ3) is 2.57. The van der Waals surface area contributed by atoms with Crippen LogP contribution in [0.3, 0.4) is 0 Å². The van der Waals surface area contributed by atoms with E-state index in [1.54, 1.807) is 6.20 Å². The molecule has 21 heavy (non-hydrogen) atoms. The molecule has 1 aliphatic heterocycles. The highest BCUT2D eigenvalue weighted by Gasteiger charge is 2.27. The van der Waals surface area contributed by atoms with E-state index in [9.17, 15) is 4.79 Å². The molecule has 1 aliphatic rings. The van der Waals surface area contributed by atoms with Crippen LogP contribution in [-0.2, 0) is 18.5 Å². The van der Waals surface area contributed by atoms with E-state index in [0.29, 0.717) is 18.0 Å². The molecule has 2 aromatic rings. The molecule has 0 aromatic carbocycles. The highest BCUT2D eigenvalue weighted by Crippen LogP contribution is 2.28. The minimum Gasteiger partial charge on any atom is -0.329 e. The average molecular weight is 305 g/mol. The predicted octanol–water partition coefficient (Wildman–Crippen LogP) is 2.00. The van der Waals surface area contributed by atoms with E-state index in [1.807, 2.05) is 11.8 Å². The molecule has 0 bridgehead atoms. The summed E-state index contributed by atoms with van der Waals surface area (Å²) < 4.78 is 2.07. The van der Waals surface area contributed by atoms with Gasteiger partial charge in [0.05, 0.1) is 17.7 Å². The Morgan fingerprint density at radius 3 is 2.71 bits per heavy atom. The van der Waals surface area contributed by atoms with Gasteiger partial charge in [-0.15, -0.1) is 21.5 Å². The van der Waals surface area contributed by atoms with Crippen molar-refractivity contribution >= 4 is 17.2 Å². The Morgan fingerprint density at radius 2 is 2.05 bits per heavy atom. The van der Waals surface area contributed by atoms with Gasteiger partial charge in [-0.2, -0.15) is 0 Å². The molecule has 0 aliphatic carbocycles. The van der Waals surface area contributed by atoms with E-state index in [1.165, 1.54) is 11.3 Å². The number of amides is 1. The van der Waals surface area contributed by atoms with Gasteiger partial charge in [-0.3, -0.25) is 4.79 Å². The summed E-state index contributed by atoms with van der Waals surface area (Å²) in [5.41, 5.74) is -0.0254. The minimum absolute atomic E-state index is 0.0254. The van der Waals surface area contributed by atoms with Gasteiger partial charge in [0.1, 0.15) is 10.7 Å². The highest BCUT2D eigenvalue weighted by atomic mass is 32.1. The molecule has 0 saturated carbocycles. The molecule has 112 valence electrons. The predicted molar refractivity (Wildman–Crippen MR) is 80.3 cm³/mol. The van der Waals surface area contributed by atoms with Crippen molar-refractivity contribution in [3.05, 3.63) is 27.7 Å². The molecule has 0 atom stereocenters. The van der Waals surface area contributed by atoms with Crippen molar-refractivity contribution in [2.75, 3.05) is 6.54 Å². The summed E-state index contributed by atoms with van der Waals surface area (Å²) in [6.07, 6.45) is 1.69. The van der Waals surface area contributed by atoms with E-state index in [0.717, 1.165) is 23.2 Å². The second-order valence-corrected chi connectivity index (χ2v) is 7.35. The number of rotatable bonds is 1. The summed E-state index contributed by atoms with van der Waals surface area (Å²) in [5, 5.41) is 9.19. The molecule has 0 unspecified atom stereocenters. The Kier molecular flexibility index (Phi) is 3.32. The van der Waals surface area contributed by atoms with Gasteiger partial charge < -0.3 is 9.47 Å². The summed E-state index contributed by atoms with van der Waals surface area (Å²) in [6, 6.07) is 0. The number of aromatic nitrogens is 4. The Labute approximate surface area is 127 Å². The quantitative estimate of drug-likeness (QED) is 0.808. The Morgan fingerprint density at radius 1 is 1.29 bits per heavy atom. The van der Waals surface area contributed by atoms with Crippen molar-refractivity contribution in [1.29, 1.82) is 0 Å². The van der Waals surface area contributed by atoms with Crippen LogP contribution in [0.2, 0.25) is 0 Å². The molecular weight excluding hydrogens is 286 g/mol. The van der Waals surface area contributed by atoms with Crippen LogP contribution in [0.25, 0.3) is 0 Å². The largest absolute Gasteiger partial charge is 0.329 e. The first-order valence-corrected chi connectivity index (χ1v) is 7.82. The van der Waals surface area contributed by atoms with E-state index in [2.05, 4.69) is 40.5 Å². The number of aryl methyl sites for hydroxylation is 1. The summed E-state index contributed by atoms with van der Waals surface area (Å²) in [4.78, 5) is 19.5. The number of hydrogen-bond donors (Lipinski definition) is 0. The Balaban J connectivity index is 1.79. The van der Waals surface area contributed by atoms with Gasteiger partial charge in [-0.1, -0.05) is 20.8 Å². The first-order valence-electron chi connectivity index (χ1n) is 7.00. The van der Waals surface area contributed by atoms with E-state index < -0.39 is 0 Å². The zero-order valence-electron chi connectivity index (χ0n) is 12.8. The van der Waals surface area contributed by atoms with Crippen LogP contribution in [0.15, 0.2) is 6.20 Å². The lowest BCUT2D eigenvalue weighted by molar-refractivity contribution is 0.0711.